The van der Waals surface area contributed by atoms with E-state index in [2.05, 4.69) is 44.7 Å². The molecule has 1 aromatic carbocycles. The Hall–Kier alpha value is -1.04. The molecule has 0 nitrogen and oxygen atoms in total. The predicted molar refractivity (Wildman–Crippen MR) is 63.6 cm³/mol. The largest absolute Gasteiger partial charge is 0.100 e. The lowest BCUT2D eigenvalue weighted by atomic mass is 9.98. The molecule has 0 aliphatic heterocycles. The molecule has 1 rings (SSSR count). The van der Waals surface area contributed by atoms with Gasteiger partial charge in [-0.15, -0.1) is 6.58 Å². The highest BCUT2D eigenvalue weighted by Crippen LogP contribution is 2.14. The number of benzene rings is 1. The standard InChI is InChI=1S/C14H20/c1-4-7-13-8-5-6-9-14(13)11-10-12(2)3/h5-6,8-9H,2,4,7,10-11H2,1,3H3. The van der Waals surface area contributed by atoms with E-state index >= 15 is 0 Å². The van der Waals surface area contributed by atoms with Crippen molar-refractivity contribution in [2.24, 2.45) is 0 Å². The number of rotatable bonds is 5. The highest BCUT2D eigenvalue weighted by atomic mass is 14.1. The fourth-order valence-corrected chi connectivity index (χ4v) is 1.66. The van der Waals surface area contributed by atoms with Crippen LogP contribution < -0.4 is 0 Å². The third-order valence-corrected chi connectivity index (χ3v) is 2.46. The van der Waals surface area contributed by atoms with Crippen LogP contribution in [-0.2, 0) is 12.8 Å². The lowest BCUT2D eigenvalue weighted by Gasteiger charge is -2.08. The predicted octanol–water partition coefficient (Wildman–Crippen LogP) is 4.15. The van der Waals surface area contributed by atoms with Gasteiger partial charge in [0.15, 0.2) is 0 Å². The van der Waals surface area contributed by atoms with Crippen molar-refractivity contribution in [3.63, 3.8) is 0 Å². The van der Waals surface area contributed by atoms with Crippen molar-refractivity contribution < 1.29 is 0 Å². The van der Waals surface area contributed by atoms with E-state index in [1.807, 2.05) is 0 Å². The summed E-state index contributed by atoms with van der Waals surface area (Å²) in [5.41, 5.74) is 4.28. The van der Waals surface area contributed by atoms with Gasteiger partial charge in [-0.25, -0.2) is 0 Å². The first-order chi connectivity index (χ1) is 6.74. The average molecular weight is 188 g/mol. The maximum Gasteiger partial charge on any atom is -0.0239 e. The first kappa shape index (κ1) is 11.0. The Morgan fingerprint density at radius 2 is 1.71 bits per heavy atom. The molecule has 14 heavy (non-hydrogen) atoms. The van der Waals surface area contributed by atoms with Crippen molar-refractivity contribution in [2.45, 2.75) is 39.5 Å². The zero-order valence-corrected chi connectivity index (χ0v) is 9.34. The van der Waals surface area contributed by atoms with Crippen LogP contribution in [0.4, 0.5) is 0 Å². The van der Waals surface area contributed by atoms with Crippen molar-refractivity contribution in [3.05, 3.63) is 47.5 Å². The molecule has 0 saturated carbocycles. The third-order valence-electron chi connectivity index (χ3n) is 2.46. The Balaban J connectivity index is 2.68. The molecule has 0 aromatic heterocycles. The van der Waals surface area contributed by atoms with Crippen molar-refractivity contribution in [3.8, 4) is 0 Å². The van der Waals surface area contributed by atoms with Gasteiger partial charge < -0.3 is 0 Å². The molecule has 0 unspecified atom stereocenters. The quantitative estimate of drug-likeness (QED) is 0.609. The van der Waals surface area contributed by atoms with Crippen LogP contribution in [0.5, 0.6) is 0 Å². The lowest BCUT2D eigenvalue weighted by Crippen LogP contribution is -1.94. The third kappa shape index (κ3) is 3.37. The summed E-state index contributed by atoms with van der Waals surface area (Å²) in [5, 5.41) is 0. The van der Waals surface area contributed by atoms with E-state index in [0.717, 1.165) is 12.8 Å². The molecule has 76 valence electrons. The fraction of sp³-hybridized carbons (Fsp3) is 0.429. The Labute approximate surface area is 87.7 Å². The van der Waals surface area contributed by atoms with Crippen LogP contribution in [-0.4, -0.2) is 0 Å². The monoisotopic (exact) mass is 188 g/mol. The van der Waals surface area contributed by atoms with Crippen LogP contribution in [0.2, 0.25) is 0 Å². The molecule has 0 atom stereocenters. The summed E-state index contributed by atoms with van der Waals surface area (Å²) < 4.78 is 0. The Morgan fingerprint density at radius 1 is 1.14 bits per heavy atom. The summed E-state index contributed by atoms with van der Waals surface area (Å²) in [6, 6.07) is 8.76. The van der Waals surface area contributed by atoms with Gasteiger partial charge in [-0.3, -0.25) is 0 Å². The molecule has 0 radical (unpaired) electrons. The highest BCUT2D eigenvalue weighted by Gasteiger charge is 2.00. The summed E-state index contributed by atoms with van der Waals surface area (Å²) in [6.07, 6.45) is 4.68. The van der Waals surface area contributed by atoms with Gasteiger partial charge in [0, 0.05) is 0 Å². The van der Waals surface area contributed by atoms with Crippen LogP contribution in [0, 0.1) is 0 Å². The summed E-state index contributed by atoms with van der Waals surface area (Å²) in [6.45, 7) is 8.28. The van der Waals surface area contributed by atoms with E-state index in [9.17, 15) is 0 Å². The molecule has 0 N–H and O–H groups in total. The Bertz CT molecular complexity index is 297. The molecular weight excluding hydrogens is 168 g/mol. The number of allylic oxidation sites excluding steroid dienone is 1. The first-order valence-electron chi connectivity index (χ1n) is 5.45. The molecule has 0 heteroatoms. The zero-order chi connectivity index (χ0) is 10.4. The van der Waals surface area contributed by atoms with E-state index in [4.69, 9.17) is 0 Å². The van der Waals surface area contributed by atoms with E-state index < -0.39 is 0 Å². The van der Waals surface area contributed by atoms with Gasteiger partial charge in [0.1, 0.15) is 0 Å². The summed E-state index contributed by atoms with van der Waals surface area (Å²) in [7, 11) is 0. The highest BCUT2D eigenvalue weighted by molar-refractivity contribution is 5.27. The van der Waals surface area contributed by atoms with Gasteiger partial charge in [0.2, 0.25) is 0 Å². The van der Waals surface area contributed by atoms with Crippen LogP contribution in [0.1, 0.15) is 37.8 Å². The average Bonchev–Trinajstić information content (AvgIpc) is 2.17. The number of hydrogen-bond donors (Lipinski definition) is 0. The van der Waals surface area contributed by atoms with Gasteiger partial charge in [0.05, 0.1) is 0 Å². The van der Waals surface area contributed by atoms with E-state index in [1.54, 1.807) is 0 Å². The molecule has 1 aromatic rings. The van der Waals surface area contributed by atoms with Crippen molar-refractivity contribution in [1.29, 1.82) is 0 Å². The molecule has 0 heterocycles. The summed E-state index contributed by atoms with van der Waals surface area (Å²) >= 11 is 0. The molecular formula is C14H20. The number of hydrogen-bond acceptors (Lipinski definition) is 0. The van der Waals surface area contributed by atoms with Crippen LogP contribution in [0.25, 0.3) is 0 Å². The second kappa shape index (κ2) is 5.64. The van der Waals surface area contributed by atoms with E-state index in [1.165, 1.54) is 29.5 Å². The van der Waals surface area contributed by atoms with Crippen LogP contribution >= 0.6 is 0 Å². The maximum absolute atomic E-state index is 3.95. The zero-order valence-electron chi connectivity index (χ0n) is 9.34. The van der Waals surface area contributed by atoms with Gasteiger partial charge >= 0.3 is 0 Å². The molecule has 0 amide bonds. The van der Waals surface area contributed by atoms with Gasteiger partial charge in [-0.1, -0.05) is 43.2 Å². The molecule has 0 aliphatic rings. The van der Waals surface area contributed by atoms with Gasteiger partial charge in [-0.2, -0.15) is 0 Å². The Kier molecular flexibility index (Phi) is 4.45. The molecule has 0 bridgehead atoms. The molecule has 0 spiro atoms. The SMILES string of the molecule is C=C(C)CCc1ccccc1CCC. The lowest BCUT2D eigenvalue weighted by molar-refractivity contribution is 0.871. The minimum absolute atomic E-state index is 1.11. The first-order valence-corrected chi connectivity index (χ1v) is 5.45. The normalized spacial score (nSPS) is 10.1. The van der Waals surface area contributed by atoms with Gasteiger partial charge in [0.25, 0.3) is 0 Å². The number of aryl methyl sites for hydroxylation is 2. The Morgan fingerprint density at radius 3 is 2.21 bits per heavy atom. The molecule has 0 saturated heterocycles. The van der Waals surface area contributed by atoms with Crippen molar-refractivity contribution in [2.75, 3.05) is 0 Å². The summed E-state index contributed by atoms with van der Waals surface area (Å²) in [4.78, 5) is 0. The van der Waals surface area contributed by atoms with Crippen LogP contribution in [0.15, 0.2) is 36.4 Å². The van der Waals surface area contributed by atoms with Crippen molar-refractivity contribution in [1.82, 2.24) is 0 Å². The van der Waals surface area contributed by atoms with Crippen molar-refractivity contribution >= 4 is 0 Å². The minimum Gasteiger partial charge on any atom is -0.100 e. The minimum atomic E-state index is 1.11. The smallest absolute Gasteiger partial charge is 0.0239 e. The second-order valence-electron chi connectivity index (χ2n) is 3.98. The van der Waals surface area contributed by atoms with Crippen LogP contribution in [0.3, 0.4) is 0 Å². The topological polar surface area (TPSA) is 0 Å². The molecule has 0 aliphatic carbocycles. The van der Waals surface area contributed by atoms with E-state index in [-0.39, 0.29) is 0 Å². The summed E-state index contributed by atoms with van der Waals surface area (Å²) in [5.74, 6) is 0. The molecule has 0 fully saturated rings. The maximum atomic E-state index is 3.95. The van der Waals surface area contributed by atoms with Gasteiger partial charge in [-0.05, 0) is 37.3 Å². The fourth-order valence-electron chi connectivity index (χ4n) is 1.66. The van der Waals surface area contributed by atoms with E-state index in [0.29, 0.717) is 0 Å². The second-order valence-corrected chi connectivity index (χ2v) is 3.98.